The number of allylic oxidation sites excluding steroid dienone is 2. The van der Waals surface area contributed by atoms with Crippen LogP contribution in [-0.4, -0.2) is 57.7 Å². The van der Waals surface area contributed by atoms with Crippen molar-refractivity contribution in [2.75, 3.05) is 31.4 Å². The van der Waals surface area contributed by atoms with Crippen LogP contribution in [0.2, 0.25) is 0 Å². The fourth-order valence-corrected chi connectivity index (χ4v) is 6.82. The van der Waals surface area contributed by atoms with E-state index in [0.29, 0.717) is 42.6 Å². The summed E-state index contributed by atoms with van der Waals surface area (Å²) >= 11 is 1.50. The summed E-state index contributed by atoms with van der Waals surface area (Å²) in [5, 5.41) is -0.106. The number of ether oxygens (including phenoxy) is 3. The lowest BCUT2D eigenvalue weighted by Gasteiger charge is -2.20. The van der Waals surface area contributed by atoms with Gasteiger partial charge >= 0.3 is 0 Å². The van der Waals surface area contributed by atoms with E-state index >= 15 is 0 Å². The van der Waals surface area contributed by atoms with Crippen LogP contribution in [0.25, 0.3) is 16.3 Å². The molecular weight excluding hydrogens is 617 g/mol. The van der Waals surface area contributed by atoms with Gasteiger partial charge < -0.3 is 19.1 Å². The SMILES string of the molecule is CCC(/C=C1\Oc2ccc(C)cc2N1CCC(C)S(=O)(=O)O)=C\c1sc2cc(OC)c(OC)cc2[n+]1CCCS(=O)(=O)O. The van der Waals surface area contributed by atoms with Crippen LogP contribution in [0.4, 0.5) is 5.69 Å². The summed E-state index contributed by atoms with van der Waals surface area (Å²) in [5.74, 6) is 1.90. The second-order valence-electron chi connectivity index (χ2n) is 10.3. The van der Waals surface area contributed by atoms with Crippen molar-refractivity contribution in [1.82, 2.24) is 0 Å². The maximum absolute atomic E-state index is 11.7. The number of anilines is 1. The fourth-order valence-electron chi connectivity index (χ4n) is 4.74. The van der Waals surface area contributed by atoms with Gasteiger partial charge in [-0.05, 0) is 50.0 Å². The molecule has 0 radical (unpaired) electrons. The number of hydrogen-bond acceptors (Lipinski definition) is 9. The van der Waals surface area contributed by atoms with E-state index in [2.05, 4.69) is 0 Å². The number of benzene rings is 2. The lowest BCUT2D eigenvalue weighted by molar-refractivity contribution is -0.668. The number of aryl methyl sites for hydroxylation is 2. The number of thiazole rings is 1. The van der Waals surface area contributed by atoms with Gasteiger partial charge in [-0.3, -0.25) is 9.11 Å². The van der Waals surface area contributed by atoms with Gasteiger partial charge in [0, 0.05) is 31.2 Å². The molecule has 1 atom stereocenters. The van der Waals surface area contributed by atoms with Crippen LogP contribution in [0, 0.1) is 6.92 Å². The molecule has 1 aromatic heterocycles. The van der Waals surface area contributed by atoms with E-state index < -0.39 is 25.5 Å². The number of aromatic nitrogens is 1. The molecule has 0 saturated carbocycles. The van der Waals surface area contributed by atoms with Crippen LogP contribution < -0.4 is 23.7 Å². The van der Waals surface area contributed by atoms with Crippen LogP contribution >= 0.6 is 11.3 Å². The zero-order valence-electron chi connectivity index (χ0n) is 24.7. The first-order chi connectivity index (χ1) is 20.2. The summed E-state index contributed by atoms with van der Waals surface area (Å²) in [6, 6.07) is 9.50. The van der Waals surface area contributed by atoms with Crippen LogP contribution in [-0.2, 0) is 26.8 Å². The molecule has 14 heteroatoms. The molecule has 0 fully saturated rings. The number of fused-ring (bicyclic) bond motifs is 2. The van der Waals surface area contributed by atoms with Gasteiger partial charge in [0.2, 0.25) is 11.4 Å². The molecule has 4 rings (SSSR count). The van der Waals surface area contributed by atoms with Crippen molar-refractivity contribution in [2.24, 2.45) is 0 Å². The molecule has 11 nitrogen and oxygen atoms in total. The van der Waals surface area contributed by atoms with Crippen molar-refractivity contribution in [2.45, 2.75) is 51.8 Å². The molecular formula is C29H37N2O9S3+. The average Bonchev–Trinajstić information content (AvgIpc) is 3.45. The second-order valence-corrected chi connectivity index (χ2v) is 14.8. The first-order valence-electron chi connectivity index (χ1n) is 13.7. The van der Waals surface area contributed by atoms with Gasteiger partial charge in [-0.15, -0.1) is 0 Å². The molecule has 2 N–H and O–H groups in total. The minimum atomic E-state index is -4.18. The van der Waals surface area contributed by atoms with Crippen LogP contribution in [0.5, 0.6) is 17.2 Å². The lowest BCUT2D eigenvalue weighted by Crippen LogP contribution is -2.36. The predicted molar refractivity (Wildman–Crippen MR) is 167 cm³/mol. The molecule has 43 heavy (non-hydrogen) atoms. The van der Waals surface area contributed by atoms with E-state index in [-0.39, 0.29) is 18.6 Å². The number of nitrogens with zero attached hydrogens (tertiary/aromatic N) is 2. The zero-order chi connectivity index (χ0) is 31.5. The lowest BCUT2D eigenvalue weighted by atomic mass is 10.1. The van der Waals surface area contributed by atoms with Gasteiger partial charge in [-0.1, -0.05) is 24.3 Å². The van der Waals surface area contributed by atoms with Gasteiger partial charge in [0.15, 0.2) is 23.8 Å². The molecule has 1 aliphatic rings. The monoisotopic (exact) mass is 653 g/mol. The first-order valence-corrected chi connectivity index (χ1v) is 17.6. The number of methoxy groups -OCH3 is 2. The Hall–Kier alpha value is -3.17. The van der Waals surface area contributed by atoms with E-state index in [1.54, 1.807) is 14.2 Å². The Morgan fingerprint density at radius 2 is 1.81 bits per heavy atom. The van der Waals surface area contributed by atoms with Crippen molar-refractivity contribution < 1.29 is 44.7 Å². The third-order valence-corrected chi connectivity index (χ3v) is 10.4. The van der Waals surface area contributed by atoms with E-state index in [0.717, 1.165) is 32.0 Å². The Morgan fingerprint density at radius 1 is 1.12 bits per heavy atom. The van der Waals surface area contributed by atoms with E-state index in [1.807, 2.05) is 65.8 Å². The molecule has 234 valence electrons. The van der Waals surface area contributed by atoms with Crippen molar-refractivity contribution in [1.29, 1.82) is 0 Å². The molecule has 2 heterocycles. The highest BCUT2D eigenvalue weighted by molar-refractivity contribution is 7.86. The topological polar surface area (TPSA) is 144 Å². The molecule has 3 aromatic rings. The molecule has 0 aliphatic carbocycles. The van der Waals surface area contributed by atoms with E-state index in [1.165, 1.54) is 18.3 Å². The maximum atomic E-state index is 11.7. The van der Waals surface area contributed by atoms with E-state index in [9.17, 15) is 25.9 Å². The van der Waals surface area contributed by atoms with Crippen molar-refractivity contribution in [3.05, 3.63) is 58.4 Å². The smallest absolute Gasteiger partial charge is 0.267 e. The van der Waals surface area contributed by atoms with Crippen molar-refractivity contribution in [3.63, 3.8) is 0 Å². The summed E-state index contributed by atoms with van der Waals surface area (Å²) in [6.07, 6.45) is 4.92. The molecule has 0 bridgehead atoms. The average molecular weight is 654 g/mol. The van der Waals surface area contributed by atoms with Gasteiger partial charge in [0.05, 0.1) is 37.0 Å². The zero-order valence-corrected chi connectivity index (χ0v) is 27.2. The quantitative estimate of drug-likeness (QED) is 0.191. The Balaban J connectivity index is 1.77. The van der Waals surface area contributed by atoms with Crippen LogP contribution in [0.15, 0.2) is 47.9 Å². The minimum absolute atomic E-state index is 0.186. The highest BCUT2D eigenvalue weighted by atomic mass is 32.2. The summed E-state index contributed by atoms with van der Waals surface area (Å²) in [6.45, 7) is 6.07. The Bertz CT molecular complexity index is 1780. The molecule has 0 amide bonds. The van der Waals surface area contributed by atoms with Gasteiger partial charge in [0.25, 0.3) is 25.2 Å². The predicted octanol–water partition coefficient (Wildman–Crippen LogP) is 4.99. The minimum Gasteiger partial charge on any atom is -0.493 e. The maximum Gasteiger partial charge on any atom is 0.267 e. The van der Waals surface area contributed by atoms with Crippen LogP contribution in [0.3, 0.4) is 0 Å². The Labute approximate surface area is 256 Å². The Kier molecular flexibility index (Phi) is 10.1. The summed E-state index contributed by atoms with van der Waals surface area (Å²) < 4.78 is 85.1. The Morgan fingerprint density at radius 3 is 2.44 bits per heavy atom. The summed E-state index contributed by atoms with van der Waals surface area (Å²) in [5.41, 5.74) is 3.56. The summed E-state index contributed by atoms with van der Waals surface area (Å²) in [4.78, 5) is 1.91. The van der Waals surface area contributed by atoms with Crippen molar-refractivity contribution >= 4 is 53.6 Å². The highest BCUT2D eigenvalue weighted by Crippen LogP contribution is 2.41. The fraction of sp³-hybridized carbons (Fsp3) is 0.414. The van der Waals surface area contributed by atoms with Gasteiger partial charge in [-0.25, -0.2) is 0 Å². The second kappa shape index (κ2) is 13.2. The number of hydrogen-bond donors (Lipinski definition) is 2. The van der Waals surface area contributed by atoms with Gasteiger partial charge in [-0.2, -0.15) is 21.4 Å². The summed E-state index contributed by atoms with van der Waals surface area (Å²) in [7, 11) is -5.20. The van der Waals surface area contributed by atoms with Crippen molar-refractivity contribution in [3.8, 4) is 17.2 Å². The first kappa shape index (κ1) is 32.7. The third kappa shape index (κ3) is 7.87. The van der Waals surface area contributed by atoms with E-state index in [4.69, 9.17) is 14.2 Å². The van der Waals surface area contributed by atoms with Crippen LogP contribution in [0.1, 0.15) is 43.7 Å². The molecule has 0 saturated heterocycles. The normalized spacial score (nSPS) is 15.6. The molecule has 1 aliphatic heterocycles. The van der Waals surface area contributed by atoms with Gasteiger partial charge in [0.1, 0.15) is 4.70 Å². The largest absolute Gasteiger partial charge is 0.493 e. The third-order valence-electron chi connectivity index (χ3n) is 7.20. The molecule has 0 spiro atoms. The highest BCUT2D eigenvalue weighted by Gasteiger charge is 2.29. The molecule has 2 aromatic carbocycles. The molecule has 1 unspecified atom stereocenters. The standard InChI is InChI=1S/C29H36N2O9S3/c1-6-21(15-28-30(12-10-20(3)43(35,36)37)22-14-19(2)8-9-24(22)40-28)16-29-31(11-7-13-42(32,33)34)23-17-25(38-4)26(39-5)18-27(23)41-29/h8-9,14-18,20H,6-7,10-13H2,1-5H3,(H-,32,33,34,35,36,37)/p+1. The number of rotatable bonds is 13.